The predicted molar refractivity (Wildman–Crippen MR) is 112 cm³/mol. The fraction of sp³-hybridized carbons (Fsp3) is 0.300. The molecule has 1 aromatic heterocycles. The Bertz CT molecular complexity index is 1040. The third-order valence-corrected chi connectivity index (χ3v) is 7.39. The van der Waals surface area contributed by atoms with Crippen LogP contribution in [0.2, 0.25) is 0 Å². The van der Waals surface area contributed by atoms with E-state index in [9.17, 15) is 8.42 Å². The minimum atomic E-state index is -3.70. The van der Waals surface area contributed by atoms with Gasteiger partial charge in [-0.1, -0.05) is 18.2 Å². The first-order valence-electron chi connectivity index (χ1n) is 8.63. The summed E-state index contributed by atoms with van der Waals surface area (Å²) in [6.45, 7) is 2.80. The maximum absolute atomic E-state index is 13.4. The molecule has 144 valence electrons. The number of para-hydroxylation sites is 1. The average Bonchev–Trinajstić information content (AvgIpc) is 2.94. The molecule has 0 aliphatic rings. The van der Waals surface area contributed by atoms with Gasteiger partial charge in [0.15, 0.2) is 0 Å². The minimum absolute atomic E-state index is 0.247. The summed E-state index contributed by atoms with van der Waals surface area (Å²) in [7, 11) is 1.92. The molecule has 0 spiro atoms. The highest BCUT2D eigenvalue weighted by Gasteiger charge is 2.25. The number of aromatic nitrogens is 1. The van der Waals surface area contributed by atoms with E-state index in [4.69, 9.17) is 4.74 Å². The van der Waals surface area contributed by atoms with E-state index in [-0.39, 0.29) is 4.90 Å². The maximum Gasteiger partial charge on any atom is 0.268 e. The van der Waals surface area contributed by atoms with E-state index < -0.39 is 10.0 Å². The van der Waals surface area contributed by atoms with Crippen molar-refractivity contribution in [1.29, 1.82) is 0 Å². The van der Waals surface area contributed by atoms with Crippen molar-refractivity contribution in [2.75, 3.05) is 33.5 Å². The van der Waals surface area contributed by atoms with Crippen molar-refractivity contribution in [3.63, 3.8) is 0 Å². The zero-order valence-electron chi connectivity index (χ0n) is 16.0. The molecule has 0 radical (unpaired) electrons. The molecule has 0 fully saturated rings. The van der Waals surface area contributed by atoms with Crippen molar-refractivity contribution >= 4 is 32.7 Å². The Hall–Kier alpha value is -1.96. The molecular formula is C20H24N2O3S2. The molecule has 0 unspecified atom stereocenters. The Balaban J connectivity index is 2.11. The molecular weight excluding hydrogens is 380 g/mol. The second-order valence-electron chi connectivity index (χ2n) is 6.53. The van der Waals surface area contributed by atoms with Gasteiger partial charge in [0.1, 0.15) is 5.75 Å². The summed E-state index contributed by atoms with van der Waals surface area (Å²) in [5, 5.41) is 0.968. The molecule has 1 heterocycles. The number of ether oxygens (including phenoxy) is 1. The Labute approximate surface area is 165 Å². The van der Waals surface area contributed by atoms with Crippen LogP contribution in [0.5, 0.6) is 5.75 Å². The summed E-state index contributed by atoms with van der Waals surface area (Å²) in [4.78, 5) is 3.39. The largest absolute Gasteiger partial charge is 0.497 e. The molecule has 0 atom stereocenters. The molecule has 0 saturated carbocycles. The summed E-state index contributed by atoms with van der Waals surface area (Å²) in [6.07, 6.45) is 0. The standard InChI is InChI=1S/C20H24N2O3S2/c1-15-20(26-14-13-21(2)3)18-7-5-6-8-19(18)22(15)27(23,24)17-11-9-16(25-4)10-12-17/h5-12H,13-14H2,1-4H3. The van der Waals surface area contributed by atoms with Crippen LogP contribution in [0.1, 0.15) is 5.69 Å². The molecule has 3 aromatic rings. The van der Waals surface area contributed by atoms with E-state index in [0.29, 0.717) is 11.3 Å². The molecule has 7 heteroatoms. The maximum atomic E-state index is 13.4. The van der Waals surface area contributed by atoms with Gasteiger partial charge in [0.2, 0.25) is 0 Å². The van der Waals surface area contributed by atoms with Gasteiger partial charge in [-0.3, -0.25) is 0 Å². The van der Waals surface area contributed by atoms with Crippen LogP contribution in [-0.4, -0.2) is 50.8 Å². The quantitative estimate of drug-likeness (QED) is 0.560. The number of fused-ring (bicyclic) bond motifs is 1. The summed E-state index contributed by atoms with van der Waals surface area (Å²) in [5.74, 6) is 1.52. The van der Waals surface area contributed by atoms with Gasteiger partial charge in [-0.2, -0.15) is 0 Å². The van der Waals surface area contributed by atoms with E-state index in [2.05, 4.69) is 4.90 Å². The Morgan fingerprint density at radius 2 is 1.74 bits per heavy atom. The summed E-state index contributed by atoms with van der Waals surface area (Å²) in [6, 6.07) is 14.2. The first-order chi connectivity index (χ1) is 12.9. The lowest BCUT2D eigenvalue weighted by atomic mass is 10.2. The van der Waals surface area contributed by atoms with Gasteiger partial charge in [0.05, 0.1) is 17.5 Å². The Kier molecular flexibility index (Phi) is 5.83. The molecule has 0 saturated heterocycles. The fourth-order valence-corrected chi connectivity index (χ4v) is 5.89. The topological polar surface area (TPSA) is 51.5 Å². The van der Waals surface area contributed by atoms with Crippen molar-refractivity contribution in [3.8, 4) is 5.75 Å². The van der Waals surface area contributed by atoms with Crippen molar-refractivity contribution in [3.05, 3.63) is 54.2 Å². The Morgan fingerprint density at radius 1 is 1.07 bits per heavy atom. The molecule has 27 heavy (non-hydrogen) atoms. The van der Waals surface area contributed by atoms with Crippen LogP contribution in [0.3, 0.4) is 0 Å². The van der Waals surface area contributed by atoms with Crippen LogP contribution in [0.15, 0.2) is 58.3 Å². The predicted octanol–water partition coefficient (Wildman–Crippen LogP) is 3.85. The van der Waals surface area contributed by atoms with E-state index >= 15 is 0 Å². The van der Waals surface area contributed by atoms with E-state index in [0.717, 1.165) is 28.3 Å². The number of benzene rings is 2. The van der Waals surface area contributed by atoms with Gasteiger partial charge >= 0.3 is 0 Å². The average molecular weight is 405 g/mol. The molecule has 0 aliphatic carbocycles. The summed E-state index contributed by atoms with van der Waals surface area (Å²) < 4.78 is 33.3. The zero-order valence-corrected chi connectivity index (χ0v) is 17.6. The lowest BCUT2D eigenvalue weighted by molar-refractivity contribution is 0.414. The van der Waals surface area contributed by atoms with E-state index in [1.165, 1.54) is 3.97 Å². The molecule has 0 amide bonds. The molecule has 0 N–H and O–H groups in total. The Morgan fingerprint density at radius 3 is 2.37 bits per heavy atom. The first-order valence-corrected chi connectivity index (χ1v) is 11.1. The highest BCUT2D eigenvalue weighted by Crippen LogP contribution is 2.36. The van der Waals surface area contributed by atoms with Crippen molar-refractivity contribution in [1.82, 2.24) is 8.87 Å². The molecule has 5 nitrogen and oxygen atoms in total. The molecule has 2 aromatic carbocycles. The second kappa shape index (κ2) is 7.96. The zero-order chi connectivity index (χ0) is 19.6. The van der Waals surface area contributed by atoms with Gasteiger partial charge in [-0.15, -0.1) is 11.8 Å². The van der Waals surface area contributed by atoms with Crippen LogP contribution < -0.4 is 4.74 Å². The number of nitrogens with zero attached hydrogens (tertiary/aromatic N) is 2. The number of hydrogen-bond acceptors (Lipinski definition) is 5. The third kappa shape index (κ3) is 3.85. The summed E-state index contributed by atoms with van der Waals surface area (Å²) in [5.41, 5.74) is 1.45. The normalized spacial score (nSPS) is 12.0. The number of thioether (sulfide) groups is 1. The van der Waals surface area contributed by atoms with Crippen LogP contribution >= 0.6 is 11.8 Å². The second-order valence-corrected chi connectivity index (χ2v) is 9.42. The lowest BCUT2D eigenvalue weighted by Crippen LogP contribution is -2.15. The SMILES string of the molecule is COc1ccc(S(=O)(=O)n2c(C)c(SCCN(C)C)c3ccccc32)cc1. The number of methoxy groups -OCH3 is 1. The van der Waals surface area contributed by atoms with E-state index in [1.807, 2.05) is 45.3 Å². The van der Waals surface area contributed by atoms with Crippen molar-refractivity contribution in [2.24, 2.45) is 0 Å². The molecule has 3 rings (SSSR count). The van der Waals surface area contributed by atoms with Crippen molar-refractivity contribution < 1.29 is 13.2 Å². The van der Waals surface area contributed by atoms with Crippen LogP contribution in [0, 0.1) is 6.92 Å². The van der Waals surface area contributed by atoms with Crippen LogP contribution in [-0.2, 0) is 10.0 Å². The van der Waals surface area contributed by atoms with Gasteiger partial charge in [-0.05, 0) is 51.4 Å². The van der Waals surface area contributed by atoms with E-state index in [1.54, 1.807) is 43.1 Å². The first kappa shape index (κ1) is 19.8. The highest BCUT2D eigenvalue weighted by molar-refractivity contribution is 7.99. The number of rotatable bonds is 7. The lowest BCUT2D eigenvalue weighted by Gasteiger charge is -2.11. The molecule has 0 bridgehead atoms. The molecule has 0 aliphatic heterocycles. The summed E-state index contributed by atoms with van der Waals surface area (Å²) >= 11 is 1.70. The van der Waals surface area contributed by atoms with Crippen LogP contribution in [0.25, 0.3) is 10.9 Å². The fourth-order valence-electron chi connectivity index (χ4n) is 2.99. The van der Waals surface area contributed by atoms with Crippen LogP contribution in [0.4, 0.5) is 0 Å². The van der Waals surface area contributed by atoms with Gasteiger partial charge < -0.3 is 9.64 Å². The third-order valence-electron chi connectivity index (χ3n) is 4.38. The number of hydrogen-bond donors (Lipinski definition) is 0. The van der Waals surface area contributed by atoms with Gasteiger partial charge in [0, 0.05) is 28.3 Å². The van der Waals surface area contributed by atoms with Crippen molar-refractivity contribution in [2.45, 2.75) is 16.7 Å². The smallest absolute Gasteiger partial charge is 0.268 e. The monoisotopic (exact) mass is 404 g/mol. The van der Waals surface area contributed by atoms with Gasteiger partial charge in [-0.25, -0.2) is 12.4 Å². The highest BCUT2D eigenvalue weighted by atomic mass is 32.2. The van der Waals surface area contributed by atoms with Gasteiger partial charge in [0.25, 0.3) is 10.0 Å². The minimum Gasteiger partial charge on any atom is -0.497 e.